The molecule has 2 atom stereocenters. The molecule has 0 fully saturated rings. The number of carbonyl (C=O) groups is 1. The zero-order valence-corrected chi connectivity index (χ0v) is 13.0. The summed E-state index contributed by atoms with van der Waals surface area (Å²) in [6, 6.07) is 2.85. The van der Waals surface area contributed by atoms with Crippen molar-refractivity contribution >= 4 is 5.97 Å². The van der Waals surface area contributed by atoms with Gasteiger partial charge in [-0.2, -0.15) is 0 Å². The fourth-order valence-corrected chi connectivity index (χ4v) is 3.20. The molecule has 0 aliphatic heterocycles. The molecular weight excluding hydrogens is 280 g/mol. The van der Waals surface area contributed by atoms with Crippen LogP contribution in [0.5, 0.6) is 11.5 Å². The summed E-state index contributed by atoms with van der Waals surface area (Å²) in [5, 5.41) is 29.5. The zero-order chi connectivity index (χ0) is 16.4. The van der Waals surface area contributed by atoms with Crippen LogP contribution >= 0.6 is 0 Å². The molecule has 1 aromatic carbocycles. The maximum absolute atomic E-state index is 10.8. The van der Waals surface area contributed by atoms with Gasteiger partial charge in [0, 0.05) is 11.5 Å². The summed E-state index contributed by atoms with van der Waals surface area (Å²) in [7, 11) is 0. The van der Waals surface area contributed by atoms with Crippen LogP contribution in [0.4, 0.5) is 0 Å². The molecule has 3 N–H and O–H groups in total. The first-order valence-electron chi connectivity index (χ1n) is 7.38. The Balaban J connectivity index is 2.48. The van der Waals surface area contributed by atoms with Crippen molar-refractivity contribution in [2.75, 3.05) is 0 Å². The van der Waals surface area contributed by atoms with Crippen molar-refractivity contribution in [3.63, 3.8) is 0 Å². The molecule has 4 nitrogen and oxygen atoms in total. The molecule has 0 saturated carbocycles. The Morgan fingerprint density at radius 2 is 1.91 bits per heavy atom. The van der Waals surface area contributed by atoms with Crippen LogP contribution in [0.2, 0.25) is 0 Å². The predicted octanol–water partition coefficient (Wildman–Crippen LogP) is 3.74. The number of aromatic hydroxyl groups is 2. The smallest absolute Gasteiger partial charge is 0.307 e. The molecular formula is C18H22O4. The highest BCUT2D eigenvalue weighted by Gasteiger charge is 2.30. The van der Waals surface area contributed by atoms with Gasteiger partial charge >= 0.3 is 5.97 Å². The fraction of sp³-hybridized carbons (Fsp3) is 0.389. The second-order valence-corrected chi connectivity index (χ2v) is 6.15. The average molecular weight is 302 g/mol. The van der Waals surface area contributed by atoms with Crippen LogP contribution in [0.3, 0.4) is 0 Å². The van der Waals surface area contributed by atoms with E-state index in [2.05, 4.69) is 12.7 Å². The summed E-state index contributed by atoms with van der Waals surface area (Å²) in [5.41, 5.74) is 3.08. The van der Waals surface area contributed by atoms with Crippen LogP contribution in [0.25, 0.3) is 0 Å². The standard InChI is InChI=1S/C18H22O4/c1-10(2)13-5-4-11(3)6-14(13)18-15(19)7-12(8-16(18)20)9-17(21)22/h6-8,13-14,19-20H,1,4-5,9H2,2-3H3,(H,21,22)/t13-,14?/m0/s1. The molecule has 2 rings (SSSR count). The molecule has 1 aromatic rings. The highest BCUT2D eigenvalue weighted by atomic mass is 16.4. The number of carboxylic acid groups (broad SMARTS) is 1. The molecule has 1 aliphatic rings. The van der Waals surface area contributed by atoms with E-state index in [1.807, 2.05) is 13.8 Å². The van der Waals surface area contributed by atoms with Crippen molar-refractivity contribution in [3.05, 3.63) is 47.1 Å². The van der Waals surface area contributed by atoms with E-state index >= 15 is 0 Å². The lowest BCUT2D eigenvalue weighted by Gasteiger charge is -2.31. The molecule has 1 unspecified atom stereocenters. The minimum atomic E-state index is -1.00. The van der Waals surface area contributed by atoms with E-state index in [9.17, 15) is 15.0 Å². The Labute approximate surface area is 130 Å². The molecule has 0 heterocycles. The number of benzene rings is 1. The van der Waals surface area contributed by atoms with E-state index in [1.54, 1.807) is 0 Å². The first kappa shape index (κ1) is 16.1. The van der Waals surface area contributed by atoms with Crippen LogP contribution in [0, 0.1) is 5.92 Å². The zero-order valence-electron chi connectivity index (χ0n) is 13.0. The molecule has 0 amide bonds. The van der Waals surface area contributed by atoms with E-state index in [4.69, 9.17) is 5.11 Å². The Kier molecular flexibility index (Phi) is 4.59. The van der Waals surface area contributed by atoms with Crippen molar-refractivity contribution in [3.8, 4) is 11.5 Å². The van der Waals surface area contributed by atoms with Gasteiger partial charge in [-0.1, -0.05) is 23.8 Å². The molecule has 0 aromatic heterocycles. The number of aliphatic carboxylic acids is 1. The Morgan fingerprint density at radius 3 is 2.41 bits per heavy atom. The number of phenolic OH excluding ortho intramolecular Hbond substituents is 2. The number of phenols is 2. The molecule has 0 radical (unpaired) electrons. The summed E-state index contributed by atoms with van der Waals surface area (Å²) in [6.45, 7) is 8.02. The monoisotopic (exact) mass is 302 g/mol. The van der Waals surface area contributed by atoms with Gasteiger partial charge in [-0.05, 0) is 50.3 Å². The lowest BCUT2D eigenvalue weighted by atomic mass is 9.73. The van der Waals surface area contributed by atoms with Gasteiger partial charge in [0.2, 0.25) is 0 Å². The third-order valence-electron chi connectivity index (χ3n) is 4.27. The van der Waals surface area contributed by atoms with E-state index in [1.165, 1.54) is 17.7 Å². The second-order valence-electron chi connectivity index (χ2n) is 6.15. The number of hydrogen-bond donors (Lipinski definition) is 3. The number of carboxylic acids is 1. The van der Waals surface area contributed by atoms with Crippen LogP contribution in [-0.4, -0.2) is 21.3 Å². The lowest BCUT2D eigenvalue weighted by molar-refractivity contribution is -0.136. The molecule has 0 saturated heterocycles. The number of rotatable bonds is 4. The lowest BCUT2D eigenvalue weighted by Crippen LogP contribution is -2.17. The van der Waals surface area contributed by atoms with E-state index < -0.39 is 5.97 Å². The quantitative estimate of drug-likeness (QED) is 0.740. The molecule has 22 heavy (non-hydrogen) atoms. The summed E-state index contributed by atoms with van der Waals surface area (Å²) < 4.78 is 0. The first-order valence-corrected chi connectivity index (χ1v) is 7.38. The summed E-state index contributed by atoms with van der Waals surface area (Å²) in [4.78, 5) is 10.8. The second kappa shape index (κ2) is 6.26. The highest BCUT2D eigenvalue weighted by Crippen LogP contribution is 2.46. The molecule has 0 spiro atoms. The summed E-state index contributed by atoms with van der Waals surface area (Å²) in [5.74, 6) is -1.09. The summed E-state index contributed by atoms with van der Waals surface area (Å²) >= 11 is 0. The molecule has 4 heteroatoms. The molecule has 0 bridgehead atoms. The largest absolute Gasteiger partial charge is 0.507 e. The van der Waals surface area contributed by atoms with Gasteiger partial charge in [0.1, 0.15) is 11.5 Å². The topological polar surface area (TPSA) is 77.8 Å². The molecule has 1 aliphatic carbocycles. The maximum atomic E-state index is 10.8. The Morgan fingerprint density at radius 1 is 1.32 bits per heavy atom. The van der Waals surface area contributed by atoms with Crippen LogP contribution in [-0.2, 0) is 11.2 Å². The average Bonchev–Trinajstić information content (AvgIpc) is 2.36. The first-order chi connectivity index (χ1) is 10.3. The van der Waals surface area contributed by atoms with Gasteiger partial charge < -0.3 is 15.3 Å². The van der Waals surface area contributed by atoms with Gasteiger partial charge in [0.15, 0.2) is 0 Å². The highest BCUT2D eigenvalue weighted by molar-refractivity contribution is 5.71. The van der Waals surface area contributed by atoms with Gasteiger partial charge in [0.25, 0.3) is 0 Å². The van der Waals surface area contributed by atoms with Gasteiger partial charge in [0.05, 0.1) is 6.42 Å². The van der Waals surface area contributed by atoms with Crippen molar-refractivity contribution in [1.29, 1.82) is 0 Å². The van der Waals surface area contributed by atoms with E-state index in [-0.39, 0.29) is 29.8 Å². The van der Waals surface area contributed by atoms with Crippen molar-refractivity contribution in [2.45, 2.75) is 39.0 Å². The fourth-order valence-electron chi connectivity index (χ4n) is 3.20. The third kappa shape index (κ3) is 3.32. The summed E-state index contributed by atoms with van der Waals surface area (Å²) in [6.07, 6.45) is 3.74. The Hall–Kier alpha value is -2.23. The predicted molar refractivity (Wildman–Crippen MR) is 85.1 cm³/mol. The number of allylic oxidation sites excluding steroid dienone is 3. The Bertz CT molecular complexity index is 619. The molecule has 118 valence electrons. The SMILES string of the molecule is C=C(C)[C@@H]1CCC(C)=CC1c1c(O)cc(CC(=O)O)cc1O. The van der Waals surface area contributed by atoms with Gasteiger partial charge in [-0.15, -0.1) is 0 Å². The normalized spacial score (nSPS) is 21.3. The minimum absolute atomic E-state index is 0.0570. The van der Waals surface area contributed by atoms with Crippen LogP contribution in [0.15, 0.2) is 35.9 Å². The maximum Gasteiger partial charge on any atom is 0.307 e. The van der Waals surface area contributed by atoms with Gasteiger partial charge in [-0.3, -0.25) is 4.79 Å². The number of hydrogen-bond acceptors (Lipinski definition) is 3. The minimum Gasteiger partial charge on any atom is -0.507 e. The van der Waals surface area contributed by atoms with E-state index in [0.29, 0.717) is 11.1 Å². The van der Waals surface area contributed by atoms with Crippen molar-refractivity contribution in [1.82, 2.24) is 0 Å². The van der Waals surface area contributed by atoms with Gasteiger partial charge in [-0.25, -0.2) is 0 Å². The van der Waals surface area contributed by atoms with Crippen molar-refractivity contribution < 1.29 is 20.1 Å². The van der Waals surface area contributed by atoms with Crippen LogP contribution in [0.1, 0.15) is 43.7 Å². The van der Waals surface area contributed by atoms with E-state index in [0.717, 1.165) is 18.4 Å². The third-order valence-corrected chi connectivity index (χ3v) is 4.27. The van der Waals surface area contributed by atoms with Crippen molar-refractivity contribution in [2.24, 2.45) is 5.92 Å². The van der Waals surface area contributed by atoms with Crippen LogP contribution < -0.4 is 0 Å².